The zero-order valence-corrected chi connectivity index (χ0v) is 13.9. The number of anilines is 1. The second-order valence-corrected chi connectivity index (χ2v) is 9.18. The normalized spacial score (nSPS) is 27.5. The molecule has 2 aliphatic rings. The van der Waals surface area contributed by atoms with Crippen molar-refractivity contribution in [2.75, 3.05) is 36.2 Å². The van der Waals surface area contributed by atoms with Crippen LogP contribution in [-0.2, 0) is 16.3 Å². The molecule has 3 rings (SSSR count). The predicted molar refractivity (Wildman–Crippen MR) is 89.7 cm³/mol. The van der Waals surface area contributed by atoms with Crippen molar-refractivity contribution in [1.82, 2.24) is 4.90 Å². The van der Waals surface area contributed by atoms with E-state index < -0.39 is 9.84 Å². The number of thioether (sulfide) groups is 1. The number of aryl methyl sites for hydroxylation is 1. The van der Waals surface area contributed by atoms with E-state index in [4.69, 9.17) is 0 Å². The molecule has 2 atom stereocenters. The van der Waals surface area contributed by atoms with Crippen molar-refractivity contribution in [1.29, 1.82) is 0 Å². The Hall–Kier alpha value is -0.720. The van der Waals surface area contributed by atoms with E-state index in [1.807, 2.05) is 6.07 Å². The molecule has 1 aromatic rings. The SMILES string of the molecule is CS(=O)(=O)C1CSCCN1C1CCc2ccccc2NC1. The summed E-state index contributed by atoms with van der Waals surface area (Å²) in [5.74, 6) is 1.72. The standard InChI is InChI=1S/C15H22N2O2S2/c1-21(18,19)15-11-20-9-8-17(15)13-7-6-12-4-2-3-5-14(12)16-10-13/h2-5,13,15-16H,6-11H2,1H3. The Morgan fingerprint density at radius 3 is 2.95 bits per heavy atom. The fourth-order valence-corrected chi connectivity index (χ4v) is 6.17. The molecule has 1 aromatic carbocycles. The van der Waals surface area contributed by atoms with E-state index in [0.717, 1.165) is 31.7 Å². The van der Waals surface area contributed by atoms with Gasteiger partial charge in [0.05, 0.1) is 0 Å². The van der Waals surface area contributed by atoms with Crippen LogP contribution in [0, 0.1) is 0 Å². The maximum Gasteiger partial charge on any atom is 0.164 e. The first-order valence-corrected chi connectivity index (χ1v) is 10.5. The summed E-state index contributed by atoms with van der Waals surface area (Å²) in [6.45, 7) is 1.69. The fraction of sp³-hybridized carbons (Fsp3) is 0.600. The van der Waals surface area contributed by atoms with Gasteiger partial charge in [0.25, 0.3) is 0 Å². The minimum absolute atomic E-state index is 0.290. The summed E-state index contributed by atoms with van der Waals surface area (Å²) in [7, 11) is -3.03. The van der Waals surface area contributed by atoms with Gasteiger partial charge in [-0.25, -0.2) is 8.42 Å². The largest absolute Gasteiger partial charge is 0.383 e. The van der Waals surface area contributed by atoms with Gasteiger partial charge >= 0.3 is 0 Å². The molecule has 0 amide bonds. The minimum atomic E-state index is -3.03. The maximum absolute atomic E-state index is 12.1. The van der Waals surface area contributed by atoms with Crippen LogP contribution < -0.4 is 5.32 Å². The van der Waals surface area contributed by atoms with Gasteiger partial charge in [0.1, 0.15) is 5.37 Å². The molecule has 4 nitrogen and oxygen atoms in total. The Morgan fingerprint density at radius 1 is 1.33 bits per heavy atom. The highest BCUT2D eigenvalue weighted by atomic mass is 32.2. The predicted octanol–water partition coefficient (Wildman–Crippen LogP) is 1.83. The van der Waals surface area contributed by atoms with Crippen LogP contribution in [0.1, 0.15) is 12.0 Å². The summed E-state index contributed by atoms with van der Waals surface area (Å²) < 4.78 is 24.1. The number of hydrogen-bond acceptors (Lipinski definition) is 5. The van der Waals surface area contributed by atoms with E-state index in [1.54, 1.807) is 11.8 Å². The quantitative estimate of drug-likeness (QED) is 0.898. The smallest absolute Gasteiger partial charge is 0.164 e. The van der Waals surface area contributed by atoms with Crippen LogP contribution in [-0.4, -0.2) is 55.6 Å². The van der Waals surface area contributed by atoms with Crippen LogP contribution in [0.25, 0.3) is 0 Å². The molecule has 2 unspecified atom stereocenters. The van der Waals surface area contributed by atoms with E-state index in [9.17, 15) is 8.42 Å². The van der Waals surface area contributed by atoms with Crippen LogP contribution in [0.5, 0.6) is 0 Å². The van der Waals surface area contributed by atoms with Crippen LogP contribution >= 0.6 is 11.8 Å². The average Bonchev–Trinajstić information content (AvgIpc) is 2.69. The highest BCUT2D eigenvalue weighted by Crippen LogP contribution is 2.28. The van der Waals surface area contributed by atoms with Crippen molar-refractivity contribution in [2.24, 2.45) is 0 Å². The lowest BCUT2D eigenvalue weighted by molar-refractivity contribution is 0.192. The Balaban J connectivity index is 1.78. The summed E-state index contributed by atoms with van der Waals surface area (Å²) in [6.07, 6.45) is 3.39. The molecule has 2 aliphatic heterocycles. The molecule has 0 aliphatic carbocycles. The highest BCUT2D eigenvalue weighted by molar-refractivity contribution is 8.00. The third-order valence-electron chi connectivity index (χ3n) is 4.38. The number of rotatable bonds is 2. The first kappa shape index (κ1) is 15.2. The fourth-order valence-electron chi connectivity index (χ4n) is 3.23. The Bertz CT molecular complexity index is 576. The van der Waals surface area contributed by atoms with Crippen molar-refractivity contribution in [3.8, 4) is 0 Å². The number of fused-ring (bicyclic) bond motifs is 1. The van der Waals surface area contributed by atoms with Gasteiger partial charge in [0.15, 0.2) is 9.84 Å². The second kappa shape index (κ2) is 6.18. The molecule has 21 heavy (non-hydrogen) atoms. The van der Waals surface area contributed by atoms with Gasteiger partial charge < -0.3 is 5.32 Å². The van der Waals surface area contributed by atoms with E-state index >= 15 is 0 Å². The lowest BCUT2D eigenvalue weighted by Gasteiger charge is -2.39. The van der Waals surface area contributed by atoms with Gasteiger partial charge in [-0.1, -0.05) is 18.2 Å². The molecule has 1 fully saturated rings. The zero-order valence-electron chi connectivity index (χ0n) is 12.3. The average molecular weight is 326 g/mol. The summed E-state index contributed by atoms with van der Waals surface area (Å²) in [6, 6.07) is 8.67. The van der Waals surface area contributed by atoms with Crippen LogP contribution in [0.2, 0.25) is 0 Å². The highest BCUT2D eigenvalue weighted by Gasteiger charge is 2.35. The van der Waals surface area contributed by atoms with E-state index in [2.05, 4.69) is 28.4 Å². The van der Waals surface area contributed by atoms with Crippen molar-refractivity contribution < 1.29 is 8.42 Å². The van der Waals surface area contributed by atoms with Gasteiger partial charge in [0, 0.05) is 42.6 Å². The lowest BCUT2D eigenvalue weighted by Crippen LogP contribution is -2.53. The van der Waals surface area contributed by atoms with Crippen LogP contribution in [0.4, 0.5) is 5.69 Å². The van der Waals surface area contributed by atoms with Gasteiger partial charge in [-0.2, -0.15) is 11.8 Å². The van der Waals surface area contributed by atoms with Crippen molar-refractivity contribution >= 4 is 27.3 Å². The minimum Gasteiger partial charge on any atom is -0.383 e. The number of benzene rings is 1. The Morgan fingerprint density at radius 2 is 2.14 bits per heavy atom. The molecule has 0 aromatic heterocycles. The van der Waals surface area contributed by atoms with Crippen molar-refractivity contribution in [3.63, 3.8) is 0 Å². The molecule has 1 saturated heterocycles. The number of para-hydroxylation sites is 1. The first-order chi connectivity index (χ1) is 10.1. The molecule has 1 N–H and O–H groups in total. The molecule has 6 heteroatoms. The Kier molecular flexibility index (Phi) is 4.47. The molecule has 0 radical (unpaired) electrons. The van der Waals surface area contributed by atoms with E-state index in [0.29, 0.717) is 5.75 Å². The Labute approximate surface area is 131 Å². The summed E-state index contributed by atoms with van der Waals surface area (Å²) in [5.41, 5.74) is 2.53. The maximum atomic E-state index is 12.1. The van der Waals surface area contributed by atoms with Gasteiger partial charge in [-0.3, -0.25) is 4.90 Å². The van der Waals surface area contributed by atoms with Gasteiger partial charge in [-0.15, -0.1) is 0 Å². The van der Waals surface area contributed by atoms with Crippen LogP contribution in [0.15, 0.2) is 24.3 Å². The zero-order chi connectivity index (χ0) is 14.9. The van der Waals surface area contributed by atoms with Gasteiger partial charge in [0.2, 0.25) is 0 Å². The molecule has 116 valence electrons. The molecular formula is C15H22N2O2S2. The topological polar surface area (TPSA) is 49.4 Å². The van der Waals surface area contributed by atoms with Gasteiger partial charge in [-0.05, 0) is 24.5 Å². The summed E-state index contributed by atoms with van der Waals surface area (Å²) in [4.78, 5) is 2.21. The van der Waals surface area contributed by atoms with Crippen molar-refractivity contribution in [2.45, 2.75) is 24.3 Å². The monoisotopic (exact) mass is 326 g/mol. The number of nitrogens with zero attached hydrogens (tertiary/aromatic N) is 1. The third kappa shape index (κ3) is 3.38. The van der Waals surface area contributed by atoms with E-state index in [1.165, 1.54) is 17.5 Å². The number of nitrogens with one attached hydrogen (secondary N) is 1. The summed E-state index contributed by atoms with van der Waals surface area (Å²) >= 11 is 1.75. The van der Waals surface area contributed by atoms with Crippen LogP contribution in [0.3, 0.4) is 0 Å². The van der Waals surface area contributed by atoms with E-state index in [-0.39, 0.29) is 11.4 Å². The van der Waals surface area contributed by atoms with Crippen molar-refractivity contribution in [3.05, 3.63) is 29.8 Å². The molecule has 2 heterocycles. The molecule has 0 bridgehead atoms. The number of hydrogen-bond donors (Lipinski definition) is 1. The third-order valence-corrected chi connectivity index (χ3v) is 7.04. The molecular weight excluding hydrogens is 304 g/mol. The molecule has 0 spiro atoms. The lowest BCUT2D eigenvalue weighted by atomic mass is 10.1. The first-order valence-electron chi connectivity index (χ1n) is 7.40. The number of sulfone groups is 1. The molecule has 0 saturated carbocycles. The summed E-state index contributed by atoms with van der Waals surface area (Å²) in [5, 5.41) is 3.17. The second-order valence-electron chi connectivity index (χ2n) is 5.83.